The minimum atomic E-state index is 0.762. The van der Waals surface area contributed by atoms with Gasteiger partial charge in [0.05, 0.1) is 0 Å². The molecule has 22 heavy (non-hydrogen) atoms. The number of benzene rings is 2. The Kier molecular flexibility index (Phi) is 7.95. The zero-order valence-electron chi connectivity index (χ0n) is 15.2. The lowest BCUT2D eigenvalue weighted by Gasteiger charge is -2.04. The van der Waals surface area contributed by atoms with Gasteiger partial charge in [-0.05, 0) is 49.7 Å². The summed E-state index contributed by atoms with van der Waals surface area (Å²) in [4.78, 5) is 0. The van der Waals surface area contributed by atoms with Crippen LogP contribution in [0.1, 0.15) is 49.9 Å². The van der Waals surface area contributed by atoms with E-state index in [1.54, 1.807) is 0 Å². The first-order valence-electron chi connectivity index (χ1n) is 8.48. The van der Waals surface area contributed by atoms with E-state index >= 15 is 0 Å². The number of hydrogen-bond donors (Lipinski definition) is 0. The van der Waals surface area contributed by atoms with Gasteiger partial charge in [-0.3, -0.25) is 0 Å². The lowest BCUT2D eigenvalue weighted by molar-refractivity contribution is 0.647. The first-order chi connectivity index (χ1) is 10.4. The van der Waals surface area contributed by atoms with Gasteiger partial charge in [-0.1, -0.05) is 87.4 Å². The summed E-state index contributed by atoms with van der Waals surface area (Å²) in [5, 5.41) is 0. The summed E-state index contributed by atoms with van der Waals surface area (Å²) in [7, 11) is 0. The van der Waals surface area contributed by atoms with Crippen molar-refractivity contribution in [2.24, 2.45) is 11.8 Å². The van der Waals surface area contributed by atoms with Gasteiger partial charge in [-0.15, -0.1) is 0 Å². The quantitative estimate of drug-likeness (QED) is 0.613. The van der Waals surface area contributed by atoms with Gasteiger partial charge in [0.2, 0.25) is 0 Å². The Morgan fingerprint density at radius 2 is 0.818 bits per heavy atom. The first kappa shape index (κ1) is 18.5. The maximum atomic E-state index is 2.25. The van der Waals surface area contributed by atoms with Crippen molar-refractivity contribution in [3.63, 3.8) is 0 Å². The second-order valence-electron chi connectivity index (χ2n) is 7.17. The lowest BCUT2D eigenvalue weighted by Crippen LogP contribution is -1.93. The van der Waals surface area contributed by atoms with E-state index in [2.05, 4.69) is 90.1 Å². The lowest BCUT2D eigenvalue weighted by atomic mass is 10.0. The second-order valence-corrected chi connectivity index (χ2v) is 7.17. The highest BCUT2D eigenvalue weighted by atomic mass is 14.0. The summed E-state index contributed by atoms with van der Waals surface area (Å²) in [6.07, 6.45) is 2.39. The Morgan fingerprint density at radius 1 is 0.545 bits per heavy atom. The molecule has 0 spiro atoms. The highest BCUT2D eigenvalue weighted by Crippen LogP contribution is 2.09. The summed E-state index contributed by atoms with van der Waals surface area (Å²) in [5.41, 5.74) is 5.59. The predicted octanol–water partition coefficient (Wildman–Crippen LogP) is 6.39. The molecule has 2 aromatic rings. The van der Waals surface area contributed by atoms with Gasteiger partial charge in [0.15, 0.2) is 0 Å². The largest absolute Gasteiger partial charge is 0.0625 e. The molecule has 0 heteroatoms. The molecular weight excluding hydrogens is 264 g/mol. The molecule has 0 bridgehead atoms. The standard InChI is InChI=1S/2C11H16/c2*1-9(2)8-11-6-4-10(3)5-7-11/h2*4-7,9H,8H2,1-3H3. The van der Waals surface area contributed by atoms with Crippen molar-refractivity contribution < 1.29 is 0 Å². The molecule has 0 fully saturated rings. The van der Waals surface area contributed by atoms with Crippen LogP contribution in [0.15, 0.2) is 48.5 Å². The van der Waals surface area contributed by atoms with Crippen molar-refractivity contribution >= 4 is 0 Å². The minimum absolute atomic E-state index is 0.762. The van der Waals surface area contributed by atoms with Crippen LogP contribution in [0.2, 0.25) is 0 Å². The fraction of sp³-hybridized carbons (Fsp3) is 0.455. The minimum Gasteiger partial charge on any atom is -0.0625 e. The molecule has 0 saturated heterocycles. The molecular formula is C22H32. The van der Waals surface area contributed by atoms with Crippen molar-refractivity contribution in [3.05, 3.63) is 70.8 Å². The molecule has 0 heterocycles. The van der Waals surface area contributed by atoms with Gasteiger partial charge in [-0.25, -0.2) is 0 Å². The normalized spacial score (nSPS) is 10.5. The fourth-order valence-electron chi connectivity index (χ4n) is 2.39. The number of aryl methyl sites for hydroxylation is 2. The molecule has 0 nitrogen and oxygen atoms in total. The van der Waals surface area contributed by atoms with E-state index in [1.165, 1.54) is 35.1 Å². The maximum absolute atomic E-state index is 2.25. The summed E-state index contributed by atoms with van der Waals surface area (Å²) < 4.78 is 0. The van der Waals surface area contributed by atoms with Crippen LogP contribution in [-0.2, 0) is 12.8 Å². The summed E-state index contributed by atoms with van der Waals surface area (Å²) in [5.74, 6) is 1.52. The fourth-order valence-corrected chi connectivity index (χ4v) is 2.39. The van der Waals surface area contributed by atoms with Gasteiger partial charge < -0.3 is 0 Å². The van der Waals surface area contributed by atoms with E-state index < -0.39 is 0 Å². The Balaban J connectivity index is 0.000000220. The van der Waals surface area contributed by atoms with Gasteiger partial charge in [0.1, 0.15) is 0 Å². The molecule has 0 unspecified atom stereocenters. The van der Waals surface area contributed by atoms with Crippen LogP contribution in [0.25, 0.3) is 0 Å². The van der Waals surface area contributed by atoms with Crippen LogP contribution < -0.4 is 0 Å². The third kappa shape index (κ3) is 8.02. The molecule has 0 radical (unpaired) electrons. The second kappa shape index (κ2) is 9.46. The molecule has 0 aliphatic rings. The average molecular weight is 296 g/mol. The van der Waals surface area contributed by atoms with E-state index in [4.69, 9.17) is 0 Å². The highest BCUT2D eigenvalue weighted by molar-refractivity contribution is 5.22. The monoisotopic (exact) mass is 296 g/mol. The molecule has 0 aliphatic carbocycles. The number of hydrogen-bond acceptors (Lipinski definition) is 0. The van der Waals surface area contributed by atoms with Crippen LogP contribution in [0, 0.1) is 25.7 Å². The Morgan fingerprint density at radius 3 is 1.05 bits per heavy atom. The molecule has 0 amide bonds. The Hall–Kier alpha value is -1.56. The molecule has 0 aliphatic heterocycles. The highest BCUT2D eigenvalue weighted by Gasteiger charge is 1.96. The van der Waals surface area contributed by atoms with Crippen molar-refractivity contribution in [3.8, 4) is 0 Å². The van der Waals surface area contributed by atoms with Crippen molar-refractivity contribution in [1.29, 1.82) is 0 Å². The zero-order chi connectivity index (χ0) is 16.5. The molecule has 0 saturated carbocycles. The van der Waals surface area contributed by atoms with Gasteiger partial charge in [0, 0.05) is 0 Å². The summed E-state index contributed by atoms with van der Waals surface area (Å²) in [6.45, 7) is 13.2. The van der Waals surface area contributed by atoms with Crippen LogP contribution >= 0.6 is 0 Å². The smallest absolute Gasteiger partial charge is 0.0256 e. The first-order valence-corrected chi connectivity index (χ1v) is 8.48. The molecule has 0 aromatic heterocycles. The topological polar surface area (TPSA) is 0 Å². The molecule has 2 rings (SSSR count). The van der Waals surface area contributed by atoms with Gasteiger partial charge in [-0.2, -0.15) is 0 Å². The van der Waals surface area contributed by atoms with E-state index in [1.807, 2.05) is 0 Å². The number of rotatable bonds is 4. The van der Waals surface area contributed by atoms with Crippen molar-refractivity contribution in [2.45, 2.75) is 54.4 Å². The van der Waals surface area contributed by atoms with E-state index in [0.29, 0.717) is 0 Å². The van der Waals surface area contributed by atoms with Crippen LogP contribution in [-0.4, -0.2) is 0 Å². The maximum Gasteiger partial charge on any atom is -0.0256 e. The molecule has 2 aromatic carbocycles. The van der Waals surface area contributed by atoms with Crippen molar-refractivity contribution in [1.82, 2.24) is 0 Å². The van der Waals surface area contributed by atoms with E-state index in [9.17, 15) is 0 Å². The predicted molar refractivity (Wildman–Crippen MR) is 99.4 cm³/mol. The van der Waals surface area contributed by atoms with Gasteiger partial charge in [0.25, 0.3) is 0 Å². The SMILES string of the molecule is Cc1ccc(CC(C)C)cc1.Cc1ccc(CC(C)C)cc1. The summed E-state index contributed by atoms with van der Waals surface area (Å²) >= 11 is 0. The van der Waals surface area contributed by atoms with E-state index in [-0.39, 0.29) is 0 Å². The molecule has 120 valence electrons. The van der Waals surface area contributed by atoms with Gasteiger partial charge >= 0.3 is 0 Å². The van der Waals surface area contributed by atoms with Crippen LogP contribution in [0.4, 0.5) is 0 Å². The van der Waals surface area contributed by atoms with E-state index in [0.717, 1.165) is 11.8 Å². The zero-order valence-corrected chi connectivity index (χ0v) is 15.2. The van der Waals surface area contributed by atoms with Crippen molar-refractivity contribution in [2.75, 3.05) is 0 Å². The Bertz CT molecular complexity index is 463. The Labute approximate surface area is 137 Å². The van der Waals surface area contributed by atoms with Crippen LogP contribution in [0.3, 0.4) is 0 Å². The molecule has 0 N–H and O–H groups in total. The molecule has 0 atom stereocenters. The third-order valence-corrected chi connectivity index (χ3v) is 3.53. The van der Waals surface area contributed by atoms with Crippen LogP contribution in [0.5, 0.6) is 0 Å². The average Bonchev–Trinajstić information content (AvgIpc) is 2.44. The summed E-state index contributed by atoms with van der Waals surface area (Å²) in [6, 6.07) is 17.6. The third-order valence-electron chi connectivity index (χ3n) is 3.53.